The summed E-state index contributed by atoms with van der Waals surface area (Å²) in [6, 6.07) is 9.96. The SMILES string of the molecule is C=C(CN)c1ccccc1.CC.C[N+](=O)[O-]. The van der Waals surface area contributed by atoms with E-state index in [0.717, 1.165) is 18.2 Å². The minimum atomic E-state index is -0.500. The van der Waals surface area contributed by atoms with E-state index < -0.39 is 4.92 Å². The zero-order chi connectivity index (χ0) is 13.0. The van der Waals surface area contributed by atoms with Crippen molar-refractivity contribution in [2.45, 2.75) is 13.8 Å². The molecule has 0 aliphatic carbocycles. The van der Waals surface area contributed by atoms with Gasteiger partial charge in [0.1, 0.15) is 0 Å². The van der Waals surface area contributed by atoms with Gasteiger partial charge in [0, 0.05) is 11.5 Å². The highest BCUT2D eigenvalue weighted by Gasteiger charge is 1.91. The van der Waals surface area contributed by atoms with Crippen molar-refractivity contribution in [1.29, 1.82) is 0 Å². The van der Waals surface area contributed by atoms with Gasteiger partial charge in [0.2, 0.25) is 0 Å². The highest BCUT2D eigenvalue weighted by molar-refractivity contribution is 5.64. The topological polar surface area (TPSA) is 69.2 Å². The van der Waals surface area contributed by atoms with Crippen LogP contribution in [0.5, 0.6) is 0 Å². The molecule has 0 bridgehead atoms. The van der Waals surface area contributed by atoms with E-state index in [9.17, 15) is 0 Å². The van der Waals surface area contributed by atoms with Gasteiger partial charge in [-0.1, -0.05) is 50.8 Å². The van der Waals surface area contributed by atoms with E-state index in [-0.39, 0.29) is 0 Å². The largest absolute Gasteiger partial charge is 0.326 e. The Balaban J connectivity index is 0. The first-order chi connectivity index (χ1) is 7.57. The molecule has 0 aliphatic heterocycles. The molecule has 0 heterocycles. The van der Waals surface area contributed by atoms with Crippen LogP contribution in [-0.4, -0.2) is 18.5 Å². The van der Waals surface area contributed by atoms with E-state index in [1.54, 1.807) is 0 Å². The number of hydrogen-bond acceptors (Lipinski definition) is 3. The molecule has 0 saturated carbocycles. The van der Waals surface area contributed by atoms with Crippen LogP contribution in [0.1, 0.15) is 19.4 Å². The second kappa shape index (κ2) is 11.4. The van der Waals surface area contributed by atoms with Crippen molar-refractivity contribution in [3.8, 4) is 0 Å². The lowest BCUT2D eigenvalue weighted by Gasteiger charge is -1.99. The van der Waals surface area contributed by atoms with Gasteiger partial charge >= 0.3 is 0 Å². The molecule has 0 amide bonds. The summed E-state index contributed by atoms with van der Waals surface area (Å²) < 4.78 is 0. The Morgan fingerprint density at radius 2 is 1.75 bits per heavy atom. The van der Waals surface area contributed by atoms with Crippen LogP contribution in [0.15, 0.2) is 36.9 Å². The Hall–Kier alpha value is -1.68. The average Bonchev–Trinajstić information content (AvgIpc) is 2.31. The lowest BCUT2D eigenvalue weighted by Crippen LogP contribution is -2.00. The molecule has 16 heavy (non-hydrogen) atoms. The molecular formula is C12H20N2O2. The van der Waals surface area contributed by atoms with E-state index in [1.165, 1.54) is 0 Å². The number of hydrogen-bond donors (Lipinski definition) is 1. The third-order valence-corrected chi connectivity index (χ3v) is 1.43. The highest BCUT2D eigenvalue weighted by atomic mass is 16.6. The molecule has 0 fully saturated rings. The Morgan fingerprint density at radius 3 is 2.06 bits per heavy atom. The van der Waals surface area contributed by atoms with Crippen LogP contribution in [0.4, 0.5) is 0 Å². The predicted molar refractivity (Wildman–Crippen MR) is 68.8 cm³/mol. The van der Waals surface area contributed by atoms with E-state index >= 15 is 0 Å². The van der Waals surface area contributed by atoms with Crippen molar-refractivity contribution in [2.24, 2.45) is 5.73 Å². The van der Waals surface area contributed by atoms with Gasteiger partial charge in [0.15, 0.2) is 7.05 Å². The summed E-state index contributed by atoms with van der Waals surface area (Å²) in [5.41, 5.74) is 7.52. The Labute approximate surface area is 96.9 Å². The average molecular weight is 224 g/mol. The van der Waals surface area contributed by atoms with Crippen LogP contribution >= 0.6 is 0 Å². The summed E-state index contributed by atoms with van der Waals surface area (Å²) in [5, 5.41) is 8.81. The lowest BCUT2D eigenvalue weighted by atomic mass is 10.1. The van der Waals surface area contributed by atoms with Crippen LogP contribution in [-0.2, 0) is 0 Å². The van der Waals surface area contributed by atoms with Crippen molar-refractivity contribution in [1.82, 2.24) is 0 Å². The summed E-state index contributed by atoms with van der Waals surface area (Å²) in [4.78, 5) is 8.31. The minimum Gasteiger partial charge on any atom is -0.326 e. The van der Waals surface area contributed by atoms with E-state index in [4.69, 9.17) is 15.8 Å². The third kappa shape index (κ3) is 10.4. The lowest BCUT2D eigenvalue weighted by molar-refractivity contribution is -0.445. The number of benzene rings is 1. The first kappa shape index (κ1) is 16.7. The van der Waals surface area contributed by atoms with Crippen molar-refractivity contribution >= 4 is 5.57 Å². The maximum atomic E-state index is 8.81. The maximum Gasteiger partial charge on any atom is 0.194 e. The molecule has 1 aromatic carbocycles. The van der Waals surface area contributed by atoms with Crippen LogP contribution in [0.25, 0.3) is 5.57 Å². The fourth-order valence-corrected chi connectivity index (χ4v) is 0.792. The fourth-order valence-electron chi connectivity index (χ4n) is 0.792. The number of nitro groups is 1. The van der Waals surface area contributed by atoms with Gasteiger partial charge in [-0.3, -0.25) is 10.1 Å². The summed E-state index contributed by atoms with van der Waals surface area (Å²) in [6.07, 6.45) is 0. The summed E-state index contributed by atoms with van der Waals surface area (Å²) in [5.74, 6) is 0. The molecule has 0 radical (unpaired) electrons. The van der Waals surface area contributed by atoms with Gasteiger partial charge in [-0.2, -0.15) is 0 Å². The number of nitrogens with two attached hydrogens (primary N) is 1. The van der Waals surface area contributed by atoms with Crippen LogP contribution < -0.4 is 5.73 Å². The zero-order valence-electron chi connectivity index (χ0n) is 10.1. The zero-order valence-corrected chi connectivity index (χ0v) is 10.1. The molecule has 1 rings (SSSR count). The molecule has 0 saturated heterocycles. The molecule has 0 aliphatic rings. The second-order valence-corrected chi connectivity index (χ2v) is 2.61. The highest BCUT2D eigenvalue weighted by Crippen LogP contribution is 2.08. The molecule has 90 valence electrons. The van der Waals surface area contributed by atoms with Gasteiger partial charge < -0.3 is 5.73 Å². The molecule has 2 N–H and O–H groups in total. The van der Waals surface area contributed by atoms with Gasteiger partial charge in [-0.05, 0) is 11.1 Å². The minimum absolute atomic E-state index is 0.500. The van der Waals surface area contributed by atoms with Gasteiger partial charge in [0.25, 0.3) is 0 Å². The van der Waals surface area contributed by atoms with Crippen molar-refractivity contribution in [2.75, 3.05) is 13.6 Å². The van der Waals surface area contributed by atoms with Crippen molar-refractivity contribution in [3.05, 3.63) is 52.6 Å². The Kier molecular flexibility index (Phi) is 11.9. The van der Waals surface area contributed by atoms with E-state index in [2.05, 4.69) is 6.58 Å². The van der Waals surface area contributed by atoms with Crippen LogP contribution in [0.2, 0.25) is 0 Å². The Bertz CT molecular complexity index is 293. The summed E-state index contributed by atoms with van der Waals surface area (Å²) in [6.45, 7) is 8.35. The normalized spacial score (nSPS) is 7.75. The first-order valence-corrected chi connectivity index (χ1v) is 5.09. The second-order valence-electron chi connectivity index (χ2n) is 2.61. The monoisotopic (exact) mass is 224 g/mol. The summed E-state index contributed by atoms with van der Waals surface area (Å²) >= 11 is 0. The van der Waals surface area contributed by atoms with Gasteiger partial charge in [-0.25, -0.2) is 0 Å². The summed E-state index contributed by atoms with van der Waals surface area (Å²) in [7, 11) is 0.889. The fraction of sp³-hybridized carbons (Fsp3) is 0.333. The van der Waals surface area contributed by atoms with Crippen LogP contribution in [0, 0.1) is 10.1 Å². The first-order valence-electron chi connectivity index (χ1n) is 5.09. The number of nitrogens with zero attached hydrogens (tertiary/aromatic N) is 1. The van der Waals surface area contributed by atoms with E-state index in [1.807, 2.05) is 44.2 Å². The van der Waals surface area contributed by atoms with Gasteiger partial charge in [-0.15, -0.1) is 0 Å². The number of rotatable bonds is 2. The maximum absolute atomic E-state index is 8.81. The van der Waals surface area contributed by atoms with Crippen molar-refractivity contribution < 1.29 is 4.92 Å². The standard InChI is InChI=1S/C9H11N.C2H6.CH3NO2/c1-8(7-10)9-5-3-2-4-6-9;1-2;1-2(3)4/h2-6H,1,7,10H2;1-2H3;1H3. The van der Waals surface area contributed by atoms with Gasteiger partial charge in [0.05, 0.1) is 0 Å². The molecular weight excluding hydrogens is 204 g/mol. The van der Waals surface area contributed by atoms with Crippen LogP contribution in [0.3, 0.4) is 0 Å². The molecule has 4 heteroatoms. The molecule has 1 aromatic rings. The quantitative estimate of drug-likeness (QED) is 0.620. The molecule has 0 unspecified atom stereocenters. The Morgan fingerprint density at radius 1 is 1.38 bits per heavy atom. The molecule has 0 atom stereocenters. The third-order valence-electron chi connectivity index (χ3n) is 1.43. The molecule has 0 aromatic heterocycles. The molecule has 4 nitrogen and oxygen atoms in total. The predicted octanol–water partition coefficient (Wildman–Crippen LogP) is 2.58. The smallest absolute Gasteiger partial charge is 0.194 e. The van der Waals surface area contributed by atoms with Crippen molar-refractivity contribution in [3.63, 3.8) is 0 Å². The molecule has 0 spiro atoms. The van der Waals surface area contributed by atoms with E-state index in [0.29, 0.717) is 6.54 Å².